The molecule has 1 saturated heterocycles. The van der Waals surface area contributed by atoms with Crippen molar-refractivity contribution >= 4 is 46.6 Å². The number of hydrogen-bond acceptors (Lipinski definition) is 10. The van der Waals surface area contributed by atoms with Crippen LogP contribution in [0.15, 0.2) is 24.0 Å². The number of hydrogen-bond donors (Lipinski definition) is 0. The summed E-state index contributed by atoms with van der Waals surface area (Å²) in [6.45, 7) is 7.14. The molecule has 1 aromatic heterocycles. The first-order valence-electron chi connectivity index (χ1n) is 9.48. The van der Waals surface area contributed by atoms with E-state index in [9.17, 15) is 19.2 Å². The summed E-state index contributed by atoms with van der Waals surface area (Å²) >= 11 is 1.06. The summed E-state index contributed by atoms with van der Waals surface area (Å²) < 4.78 is 15.9. The number of amidine groups is 1. The molecule has 0 radical (unpaired) electrons. The van der Waals surface area contributed by atoms with E-state index in [0.29, 0.717) is 0 Å². The smallest absolute Gasteiger partial charge is 0.358 e. The Balaban J connectivity index is 2.42. The van der Waals surface area contributed by atoms with Crippen LogP contribution in [0.4, 0.5) is 5.82 Å². The maximum absolute atomic E-state index is 12.7. The maximum atomic E-state index is 12.7. The molecule has 1 aliphatic heterocycles. The van der Waals surface area contributed by atoms with Crippen LogP contribution in [0.5, 0.6) is 0 Å². The van der Waals surface area contributed by atoms with E-state index in [0.717, 1.165) is 11.8 Å². The minimum atomic E-state index is -0.723. The van der Waals surface area contributed by atoms with Crippen molar-refractivity contribution in [2.75, 3.05) is 26.9 Å². The zero-order chi connectivity index (χ0) is 23.0. The van der Waals surface area contributed by atoms with Gasteiger partial charge in [0.25, 0.3) is 0 Å². The highest BCUT2D eigenvalue weighted by atomic mass is 32.2. The first kappa shape index (κ1) is 24.1. The van der Waals surface area contributed by atoms with Crippen molar-refractivity contribution in [3.8, 4) is 0 Å². The van der Waals surface area contributed by atoms with Crippen molar-refractivity contribution in [2.45, 2.75) is 32.1 Å². The van der Waals surface area contributed by atoms with Crippen LogP contribution in [0.3, 0.4) is 0 Å². The highest BCUT2D eigenvalue weighted by Crippen LogP contribution is 2.32. The van der Waals surface area contributed by atoms with Gasteiger partial charge in [0.2, 0.25) is 5.91 Å². The summed E-state index contributed by atoms with van der Waals surface area (Å²) in [5.41, 5.74) is -0.0505. The van der Waals surface area contributed by atoms with Gasteiger partial charge in [-0.15, -0.1) is 6.58 Å². The third-order valence-corrected chi connectivity index (χ3v) is 5.18. The van der Waals surface area contributed by atoms with E-state index >= 15 is 0 Å². The summed E-state index contributed by atoms with van der Waals surface area (Å²) in [5, 5.41) is -0.482. The molecule has 0 aliphatic carbocycles. The topological polar surface area (TPSA) is 129 Å². The Morgan fingerprint density at radius 3 is 2.58 bits per heavy atom. The Morgan fingerprint density at radius 2 is 1.97 bits per heavy atom. The van der Waals surface area contributed by atoms with Gasteiger partial charge in [0, 0.05) is 6.54 Å². The Labute approximate surface area is 183 Å². The molecule has 0 aromatic carbocycles. The minimum absolute atomic E-state index is 0.0224. The average Bonchev–Trinajstić information content (AvgIpc) is 3.24. The lowest BCUT2D eigenvalue weighted by atomic mass is 10.2. The van der Waals surface area contributed by atoms with Crippen molar-refractivity contribution in [3.63, 3.8) is 0 Å². The lowest BCUT2D eigenvalue weighted by Gasteiger charge is -2.13. The summed E-state index contributed by atoms with van der Waals surface area (Å²) in [6, 6.07) is 0. The molecule has 12 heteroatoms. The van der Waals surface area contributed by atoms with Gasteiger partial charge in [-0.1, -0.05) is 17.8 Å². The number of carbonyl (C=O) groups excluding carboxylic acids is 4. The molecule has 31 heavy (non-hydrogen) atoms. The standard InChI is InChI=1S/C19H24N4O7S/c1-5-8-23-17(26)12(9-13(24)28-4)31-19(23)21-16-15(18(27)30-7-3)22(11-20-16)10-14(25)29-6-2/h5,11-12H,1,6-10H2,2-4H3/t12-/m1/s1. The Bertz CT molecular complexity index is 896. The molecule has 0 unspecified atom stereocenters. The minimum Gasteiger partial charge on any atom is -0.469 e. The van der Waals surface area contributed by atoms with Crippen molar-refractivity contribution in [1.82, 2.24) is 14.5 Å². The molecule has 1 atom stereocenters. The van der Waals surface area contributed by atoms with Gasteiger partial charge in [0.15, 0.2) is 16.7 Å². The molecule has 1 amide bonds. The van der Waals surface area contributed by atoms with Gasteiger partial charge in [-0.05, 0) is 13.8 Å². The molecule has 1 aliphatic rings. The van der Waals surface area contributed by atoms with E-state index in [4.69, 9.17) is 9.47 Å². The number of ether oxygens (including phenoxy) is 3. The molecule has 0 saturated carbocycles. The number of aromatic nitrogens is 2. The van der Waals surface area contributed by atoms with E-state index in [1.54, 1.807) is 13.8 Å². The predicted octanol–water partition coefficient (Wildman–Crippen LogP) is 1.30. The van der Waals surface area contributed by atoms with Crippen LogP contribution in [0.1, 0.15) is 30.8 Å². The molecule has 0 spiro atoms. The third-order valence-electron chi connectivity index (χ3n) is 4.00. The zero-order valence-electron chi connectivity index (χ0n) is 17.5. The number of nitrogens with zero attached hydrogens (tertiary/aromatic N) is 4. The van der Waals surface area contributed by atoms with Gasteiger partial charge < -0.3 is 18.8 Å². The van der Waals surface area contributed by atoms with E-state index in [2.05, 4.69) is 21.3 Å². The van der Waals surface area contributed by atoms with E-state index < -0.39 is 23.2 Å². The number of rotatable bonds is 10. The second kappa shape index (κ2) is 11.3. The molecule has 1 fully saturated rings. The SMILES string of the molecule is C=CCN1C(=O)[C@@H](CC(=O)OC)SC1=Nc1ncn(CC(=O)OCC)c1C(=O)OCC. The quantitative estimate of drug-likeness (QED) is 0.293. The highest BCUT2D eigenvalue weighted by molar-refractivity contribution is 8.15. The first-order valence-corrected chi connectivity index (χ1v) is 10.4. The van der Waals surface area contributed by atoms with Crippen LogP contribution in [-0.4, -0.2) is 75.6 Å². The van der Waals surface area contributed by atoms with Gasteiger partial charge in [-0.3, -0.25) is 19.3 Å². The van der Waals surface area contributed by atoms with Gasteiger partial charge in [-0.25, -0.2) is 14.8 Å². The van der Waals surface area contributed by atoms with Crippen molar-refractivity contribution in [3.05, 3.63) is 24.7 Å². The Kier molecular flexibility index (Phi) is 8.79. The number of thioether (sulfide) groups is 1. The van der Waals surface area contributed by atoms with Crippen LogP contribution in [0.2, 0.25) is 0 Å². The zero-order valence-corrected chi connectivity index (χ0v) is 18.3. The fraction of sp³-hybridized carbons (Fsp3) is 0.474. The summed E-state index contributed by atoms with van der Waals surface area (Å²) in [7, 11) is 1.24. The maximum Gasteiger partial charge on any atom is 0.358 e. The monoisotopic (exact) mass is 452 g/mol. The first-order chi connectivity index (χ1) is 14.9. The van der Waals surface area contributed by atoms with Crippen molar-refractivity contribution in [2.24, 2.45) is 4.99 Å². The number of amides is 1. The van der Waals surface area contributed by atoms with Crippen LogP contribution in [0.25, 0.3) is 0 Å². The summed E-state index contributed by atoms with van der Waals surface area (Å²) in [5.74, 6) is -2.17. The fourth-order valence-electron chi connectivity index (χ4n) is 2.67. The molecular weight excluding hydrogens is 428 g/mol. The predicted molar refractivity (Wildman–Crippen MR) is 112 cm³/mol. The van der Waals surface area contributed by atoms with Crippen LogP contribution >= 0.6 is 11.8 Å². The normalized spacial score (nSPS) is 17.0. The van der Waals surface area contributed by atoms with E-state index in [1.807, 2.05) is 0 Å². The van der Waals surface area contributed by atoms with Gasteiger partial charge in [0.05, 0.1) is 33.1 Å². The lowest BCUT2D eigenvalue weighted by molar-refractivity contribution is -0.144. The lowest BCUT2D eigenvalue weighted by Crippen LogP contribution is -2.33. The molecule has 11 nitrogen and oxygen atoms in total. The number of esters is 3. The summed E-state index contributed by atoms with van der Waals surface area (Å²) in [6.07, 6.45) is 2.66. The molecular formula is C19H24N4O7S. The van der Waals surface area contributed by atoms with Crippen LogP contribution in [0, 0.1) is 0 Å². The van der Waals surface area contributed by atoms with Crippen molar-refractivity contribution < 1.29 is 33.4 Å². The van der Waals surface area contributed by atoms with Gasteiger partial charge >= 0.3 is 17.9 Å². The molecule has 168 valence electrons. The van der Waals surface area contributed by atoms with Gasteiger partial charge in [0.1, 0.15) is 11.8 Å². The largest absolute Gasteiger partial charge is 0.469 e. The number of imidazole rings is 1. The molecule has 0 bridgehead atoms. The third kappa shape index (κ3) is 5.94. The van der Waals surface area contributed by atoms with E-state index in [1.165, 1.54) is 29.0 Å². The molecule has 0 N–H and O–H groups in total. The Hall–Kier alpha value is -3.15. The van der Waals surface area contributed by atoms with Crippen LogP contribution in [-0.2, 0) is 35.1 Å². The fourth-order valence-corrected chi connectivity index (χ4v) is 3.81. The number of aliphatic imine (C=N–C) groups is 1. The van der Waals surface area contributed by atoms with Crippen molar-refractivity contribution in [1.29, 1.82) is 0 Å². The second-order valence-corrected chi connectivity index (χ2v) is 7.26. The second-order valence-electron chi connectivity index (χ2n) is 6.09. The highest BCUT2D eigenvalue weighted by Gasteiger charge is 2.39. The summed E-state index contributed by atoms with van der Waals surface area (Å²) in [4.78, 5) is 58.5. The molecule has 2 heterocycles. The molecule has 2 rings (SSSR count). The average molecular weight is 452 g/mol. The Morgan fingerprint density at radius 1 is 1.26 bits per heavy atom. The van der Waals surface area contributed by atoms with Gasteiger partial charge in [-0.2, -0.15) is 0 Å². The van der Waals surface area contributed by atoms with Crippen LogP contribution < -0.4 is 0 Å². The van der Waals surface area contributed by atoms with E-state index in [-0.39, 0.29) is 55.3 Å². The number of methoxy groups -OCH3 is 1. The number of carbonyl (C=O) groups is 4. The molecule has 1 aromatic rings.